The first kappa shape index (κ1) is 21.7. The van der Waals surface area contributed by atoms with Crippen molar-refractivity contribution in [3.05, 3.63) is 52.2 Å². The monoisotopic (exact) mass is 534 g/mol. The molecule has 0 radical (unpaired) electrons. The maximum absolute atomic E-state index is 13.3. The lowest BCUT2D eigenvalue weighted by atomic mass is 10.2. The minimum atomic E-state index is -4.37. The van der Waals surface area contributed by atoms with Crippen LogP contribution in [0.2, 0.25) is 0 Å². The SMILES string of the molecule is CC[C@H]1COC[C@@H](I)c2nc(C(=O)OC)c(OS(=O)(=O)c3ccccc3)c(=O)n21. The summed E-state index contributed by atoms with van der Waals surface area (Å²) < 4.78 is 41.9. The summed E-state index contributed by atoms with van der Waals surface area (Å²) in [6.45, 7) is 2.42. The van der Waals surface area contributed by atoms with Crippen molar-refractivity contribution in [1.29, 1.82) is 0 Å². The predicted molar refractivity (Wildman–Crippen MR) is 111 cm³/mol. The molecule has 0 fully saturated rings. The molecular weight excluding hydrogens is 515 g/mol. The fourth-order valence-electron chi connectivity index (χ4n) is 2.92. The van der Waals surface area contributed by atoms with E-state index in [1.54, 1.807) is 6.07 Å². The Bertz CT molecular complexity index is 1070. The standard InChI is InChI=1S/C18H19IN2O7S/c1-3-11-9-27-10-13(19)16-20-14(18(23)26-2)15(17(22)21(11)16)28-29(24,25)12-7-5-4-6-8-12/h4-8,11,13H,3,9-10H2,1-2H3/t11-,13+/m0/s1. The van der Waals surface area contributed by atoms with Crippen molar-refractivity contribution in [2.45, 2.75) is 28.2 Å². The molecule has 0 N–H and O–H groups in total. The van der Waals surface area contributed by atoms with E-state index in [0.717, 1.165) is 7.11 Å². The third-order valence-electron chi connectivity index (χ3n) is 4.40. The summed E-state index contributed by atoms with van der Waals surface area (Å²) in [6, 6.07) is 6.95. The average Bonchev–Trinajstić information content (AvgIpc) is 2.88. The molecule has 0 amide bonds. The summed E-state index contributed by atoms with van der Waals surface area (Å²) in [5.74, 6) is -1.34. The van der Waals surface area contributed by atoms with E-state index in [-0.39, 0.29) is 21.5 Å². The van der Waals surface area contributed by atoms with Gasteiger partial charge in [-0.3, -0.25) is 9.36 Å². The highest BCUT2D eigenvalue weighted by molar-refractivity contribution is 14.1. The average molecular weight is 534 g/mol. The zero-order valence-electron chi connectivity index (χ0n) is 15.7. The highest BCUT2D eigenvalue weighted by Gasteiger charge is 2.33. The number of hydrogen-bond acceptors (Lipinski definition) is 8. The van der Waals surface area contributed by atoms with Gasteiger partial charge < -0.3 is 13.7 Å². The molecule has 0 saturated heterocycles. The van der Waals surface area contributed by atoms with Crippen molar-refractivity contribution in [2.24, 2.45) is 0 Å². The van der Waals surface area contributed by atoms with Crippen LogP contribution >= 0.6 is 22.6 Å². The predicted octanol–water partition coefficient (Wildman–Crippen LogP) is 2.26. The van der Waals surface area contributed by atoms with E-state index in [4.69, 9.17) is 13.7 Å². The minimum absolute atomic E-state index is 0.155. The molecule has 0 aliphatic carbocycles. The van der Waals surface area contributed by atoms with Crippen LogP contribution in [-0.4, -0.2) is 44.3 Å². The van der Waals surface area contributed by atoms with E-state index in [9.17, 15) is 18.0 Å². The molecule has 2 heterocycles. The van der Waals surface area contributed by atoms with Crippen LogP contribution in [0.3, 0.4) is 0 Å². The van der Waals surface area contributed by atoms with Crippen molar-refractivity contribution in [1.82, 2.24) is 9.55 Å². The zero-order valence-corrected chi connectivity index (χ0v) is 18.7. The molecule has 2 atom stereocenters. The number of alkyl halides is 1. The van der Waals surface area contributed by atoms with Gasteiger partial charge in [0.1, 0.15) is 10.7 Å². The summed E-state index contributed by atoms with van der Waals surface area (Å²) in [6.07, 6.45) is 0.542. The van der Waals surface area contributed by atoms with Crippen molar-refractivity contribution in [3.63, 3.8) is 0 Å². The molecule has 0 spiro atoms. The molecule has 11 heteroatoms. The maximum Gasteiger partial charge on any atom is 0.360 e. The summed E-state index contributed by atoms with van der Waals surface area (Å²) in [7, 11) is -3.25. The van der Waals surface area contributed by atoms with Crippen molar-refractivity contribution < 1.29 is 26.9 Å². The fourth-order valence-corrected chi connectivity index (χ4v) is 4.57. The first-order valence-electron chi connectivity index (χ1n) is 8.76. The van der Waals surface area contributed by atoms with Crippen LogP contribution in [0.1, 0.15) is 39.6 Å². The van der Waals surface area contributed by atoms with Crippen LogP contribution in [0, 0.1) is 0 Å². The van der Waals surface area contributed by atoms with Gasteiger partial charge in [0.2, 0.25) is 5.75 Å². The summed E-state index contributed by atoms with van der Waals surface area (Å²) in [5, 5.41) is 0. The number of rotatable bonds is 5. The number of fused-ring (bicyclic) bond motifs is 1. The Hall–Kier alpha value is -1.99. The summed E-state index contributed by atoms with van der Waals surface area (Å²) >= 11 is 2.06. The first-order chi connectivity index (χ1) is 13.8. The topological polar surface area (TPSA) is 114 Å². The number of benzene rings is 1. The van der Waals surface area contributed by atoms with Gasteiger partial charge in [0, 0.05) is 0 Å². The Morgan fingerprint density at radius 1 is 1.31 bits per heavy atom. The van der Waals surface area contributed by atoms with Crippen LogP contribution in [0.15, 0.2) is 40.0 Å². The molecule has 2 aromatic rings. The number of methoxy groups -OCH3 is 1. The molecule has 1 aliphatic rings. The molecule has 9 nitrogen and oxygen atoms in total. The Balaban J connectivity index is 2.24. The Kier molecular flexibility index (Phi) is 6.58. The third kappa shape index (κ3) is 4.31. The van der Waals surface area contributed by atoms with Gasteiger partial charge in [0.05, 0.1) is 30.3 Å². The molecule has 0 unspecified atom stereocenters. The number of ether oxygens (including phenoxy) is 2. The number of aromatic nitrogens is 2. The molecule has 29 heavy (non-hydrogen) atoms. The molecule has 1 aromatic heterocycles. The van der Waals surface area contributed by atoms with Gasteiger partial charge >= 0.3 is 16.1 Å². The van der Waals surface area contributed by atoms with Gasteiger partial charge in [-0.15, -0.1) is 0 Å². The number of halogens is 1. The van der Waals surface area contributed by atoms with Gasteiger partial charge in [0.15, 0.2) is 5.69 Å². The smallest absolute Gasteiger partial charge is 0.360 e. The molecule has 3 rings (SSSR count). The molecule has 156 valence electrons. The second-order valence-corrected chi connectivity index (χ2v) is 9.28. The van der Waals surface area contributed by atoms with Gasteiger partial charge in [-0.2, -0.15) is 8.42 Å². The minimum Gasteiger partial charge on any atom is -0.464 e. The second kappa shape index (κ2) is 8.79. The largest absolute Gasteiger partial charge is 0.464 e. The Morgan fingerprint density at radius 2 is 2.00 bits per heavy atom. The van der Waals surface area contributed by atoms with E-state index in [0.29, 0.717) is 18.9 Å². The van der Waals surface area contributed by atoms with Gasteiger partial charge in [-0.25, -0.2) is 9.78 Å². The van der Waals surface area contributed by atoms with E-state index in [1.165, 1.54) is 28.8 Å². The molecule has 1 aliphatic heterocycles. The Labute approximate surface area is 181 Å². The van der Waals surface area contributed by atoms with Crippen LogP contribution in [0.5, 0.6) is 5.75 Å². The number of nitrogens with zero attached hydrogens (tertiary/aromatic N) is 2. The van der Waals surface area contributed by atoms with Crippen LogP contribution in [0.25, 0.3) is 0 Å². The van der Waals surface area contributed by atoms with E-state index in [2.05, 4.69) is 27.6 Å². The van der Waals surface area contributed by atoms with E-state index >= 15 is 0 Å². The lowest BCUT2D eigenvalue weighted by Crippen LogP contribution is -2.34. The number of carbonyl (C=O) groups excluding carboxylic acids is 1. The number of hydrogen-bond donors (Lipinski definition) is 0. The van der Waals surface area contributed by atoms with Crippen molar-refractivity contribution in [2.75, 3.05) is 20.3 Å². The van der Waals surface area contributed by atoms with Crippen LogP contribution < -0.4 is 9.74 Å². The van der Waals surface area contributed by atoms with E-state index < -0.39 is 33.1 Å². The highest BCUT2D eigenvalue weighted by Crippen LogP contribution is 2.31. The van der Waals surface area contributed by atoms with Crippen molar-refractivity contribution >= 4 is 38.7 Å². The number of carbonyl (C=O) groups is 1. The first-order valence-corrected chi connectivity index (χ1v) is 11.4. The zero-order chi connectivity index (χ0) is 21.2. The number of esters is 1. The normalized spacial score (nSPS) is 19.1. The highest BCUT2D eigenvalue weighted by atomic mass is 127. The maximum atomic E-state index is 13.3. The Morgan fingerprint density at radius 3 is 2.62 bits per heavy atom. The van der Waals surface area contributed by atoms with Crippen molar-refractivity contribution in [3.8, 4) is 5.75 Å². The molecular formula is C18H19IN2O7S. The summed E-state index contributed by atoms with van der Waals surface area (Å²) in [5.41, 5.74) is -1.25. The lowest BCUT2D eigenvalue weighted by Gasteiger charge is -2.20. The van der Waals surface area contributed by atoms with E-state index in [1.807, 2.05) is 6.92 Å². The summed E-state index contributed by atoms with van der Waals surface area (Å²) in [4.78, 5) is 29.7. The van der Waals surface area contributed by atoms with Crippen LogP contribution in [-0.2, 0) is 19.6 Å². The van der Waals surface area contributed by atoms with Gasteiger partial charge in [0.25, 0.3) is 5.56 Å². The molecule has 1 aromatic carbocycles. The fraction of sp³-hybridized carbons (Fsp3) is 0.389. The van der Waals surface area contributed by atoms with Gasteiger partial charge in [-0.05, 0) is 18.6 Å². The second-order valence-electron chi connectivity index (χ2n) is 6.23. The third-order valence-corrected chi connectivity index (χ3v) is 6.55. The molecule has 0 bridgehead atoms. The lowest BCUT2D eigenvalue weighted by molar-refractivity contribution is 0.0590. The molecule has 0 saturated carbocycles. The van der Waals surface area contributed by atoms with Crippen LogP contribution in [0.4, 0.5) is 0 Å². The van der Waals surface area contributed by atoms with Gasteiger partial charge in [-0.1, -0.05) is 47.7 Å². The quantitative estimate of drug-likeness (QED) is 0.249.